The van der Waals surface area contributed by atoms with Crippen LogP contribution in [-0.4, -0.2) is 39.4 Å². The average Bonchev–Trinajstić information content (AvgIpc) is 3.40. The van der Waals surface area contributed by atoms with Crippen LogP contribution in [0.4, 0.5) is 19.3 Å². The van der Waals surface area contributed by atoms with E-state index in [-0.39, 0.29) is 31.4 Å². The molecule has 190 valence electrons. The monoisotopic (exact) mass is 522 g/mol. The summed E-state index contributed by atoms with van der Waals surface area (Å²) < 4.78 is 34.8. The molecule has 2 aromatic carbocycles. The van der Waals surface area contributed by atoms with E-state index in [1.165, 1.54) is 4.90 Å². The van der Waals surface area contributed by atoms with Gasteiger partial charge in [0.2, 0.25) is 0 Å². The lowest BCUT2D eigenvalue weighted by Gasteiger charge is -2.40. The van der Waals surface area contributed by atoms with Gasteiger partial charge in [0.15, 0.2) is 5.82 Å². The second kappa shape index (κ2) is 10.2. The van der Waals surface area contributed by atoms with Gasteiger partial charge in [0, 0.05) is 25.6 Å². The maximum Gasteiger partial charge on any atom is 0.410 e. The van der Waals surface area contributed by atoms with Crippen molar-refractivity contribution in [1.82, 2.24) is 15.2 Å². The van der Waals surface area contributed by atoms with Crippen LogP contribution in [0, 0.1) is 0 Å². The number of piperidine rings is 1. The molecule has 2 N–H and O–H groups in total. The predicted octanol–water partition coefficient (Wildman–Crippen LogP) is 5.31. The highest BCUT2D eigenvalue weighted by Crippen LogP contribution is 2.42. The molecule has 1 fully saturated rings. The molecule has 0 aliphatic carbocycles. The summed E-state index contributed by atoms with van der Waals surface area (Å²) in [6, 6.07) is 17.2. The van der Waals surface area contributed by atoms with Crippen molar-refractivity contribution in [2.24, 2.45) is 0 Å². The minimum Gasteiger partial charge on any atom is -0.445 e. The van der Waals surface area contributed by atoms with Crippen LogP contribution in [0.1, 0.15) is 46.1 Å². The maximum atomic E-state index is 14.7. The van der Waals surface area contributed by atoms with Gasteiger partial charge in [0.25, 0.3) is 11.8 Å². The van der Waals surface area contributed by atoms with E-state index in [1.807, 2.05) is 36.4 Å². The zero-order valence-corrected chi connectivity index (χ0v) is 20.6. The van der Waals surface area contributed by atoms with Gasteiger partial charge in [-0.25, -0.2) is 13.6 Å². The zero-order valence-electron chi connectivity index (χ0n) is 19.7. The SMILES string of the molecule is O=C1NC(=C=S)N(Cc2ccccc2C2CC(F)(F)CCN2C(=O)OCc2ccccc2)c2cc[nH]c21. The molecule has 0 spiro atoms. The molecular weight excluding hydrogens is 498 g/mol. The number of halogens is 2. The highest BCUT2D eigenvalue weighted by molar-refractivity contribution is 7.78. The Kier molecular flexibility index (Phi) is 6.78. The standard InChI is InChI=1S/C27H24F2N4O3S/c28-27(29)11-13-32(26(35)36-16-18-6-2-1-3-7-18)22(14-27)20-9-5-4-8-19(20)15-33-21-10-12-30-24(21)25(34)31-23(33)17-37/h1-10,12,22,30H,11,13-16H2,(H,31,34). The minimum absolute atomic E-state index is 0.0491. The molecule has 1 saturated heterocycles. The normalized spacial score (nSPS) is 18.6. The topological polar surface area (TPSA) is 77.7 Å². The number of nitrogens with zero attached hydrogens (tertiary/aromatic N) is 2. The van der Waals surface area contributed by atoms with Crippen LogP contribution >= 0.6 is 12.2 Å². The number of aromatic nitrogens is 1. The van der Waals surface area contributed by atoms with Crippen molar-refractivity contribution < 1.29 is 23.1 Å². The third-order valence-electron chi connectivity index (χ3n) is 6.61. The third kappa shape index (κ3) is 5.12. The minimum atomic E-state index is -2.93. The number of fused-ring (bicyclic) bond motifs is 1. The third-order valence-corrected chi connectivity index (χ3v) is 6.80. The number of carbonyl (C=O) groups is 2. The summed E-state index contributed by atoms with van der Waals surface area (Å²) >= 11 is 5.01. The Hall–Kier alpha value is -4.01. The number of H-pyrrole nitrogens is 1. The summed E-state index contributed by atoms with van der Waals surface area (Å²) in [4.78, 5) is 31.5. The van der Waals surface area contributed by atoms with E-state index in [4.69, 9.17) is 17.0 Å². The molecule has 0 bridgehead atoms. The molecule has 1 unspecified atom stereocenters. The van der Waals surface area contributed by atoms with E-state index in [2.05, 4.69) is 15.3 Å². The average molecular weight is 523 g/mol. The lowest BCUT2D eigenvalue weighted by molar-refractivity contribution is -0.0754. The number of rotatable bonds is 5. The Labute approximate surface area is 217 Å². The highest BCUT2D eigenvalue weighted by atomic mass is 32.1. The summed E-state index contributed by atoms with van der Waals surface area (Å²) in [7, 11) is 0. The number of nitrogens with one attached hydrogen (secondary N) is 2. The number of thiocarbonyl (C=S) groups is 1. The molecule has 1 atom stereocenters. The quantitative estimate of drug-likeness (QED) is 0.444. The molecule has 2 amide bonds. The van der Waals surface area contributed by atoms with E-state index in [1.54, 1.807) is 35.4 Å². The van der Waals surface area contributed by atoms with Gasteiger partial charge in [-0.1, -0.05) is 54.6 Å². The number of likely N-dealkylation sites (tertiary alicyclic amines) is 1. The highest BCUT2D eigenvalue weighted by Gasteiger charge is 2.44. The van der Waals surface area contributed by atoms with Crippen molar-refractivity contribution >= 4 is 34.9 Å². The molecule has 1 aromatic heterocycles. The van der Waals surface area contributed by atoms with Crippen molar-refractivity contribution in [2.75, 3.05) is 11.4 Å². The first-order valence-electron chi connectivity index (χ1n) is 11.8. The van der Waals surface area contributed by atoms with Crippen LogP contribution in [0.15, 0.2) is 72.7 Å². The Morgan fingerprint density at radius 3 is 2.68 bits per heavy atom. The van der Waals surface area contributed by atoms with Gasteiger partial charge in [0.1, 0.15) is 12.3 Å². The van der Waals surface area contributed by atoms with Crippen molar-refractivity contribution in [1.29, 1.82) is 0 Å². The molecular formula is C27H24F2N4O3S. The van der Waals surface area contributed by atoms with E-state index in [0.717, 1.165) is 5.56 Å². The second-order valence-corrected chi connectivity index (χ2v) is 9.19. The summed E-state index contributed by atoms with van der Waals surface area (Å²) in [5.41, 5.74) is 3.05. The number of amides is 2. The molecule has 37 heavy (non-hydrogen) atoms. The fourth-order valence-electron chi connectivity index (χ4n) is 4.78. The van der Waals surface area contributed by atoms with Crippen LogP contribution in [0.5, 0.6) is 0 Å². The van der Waals surface area contributed by atoms with Crippen LogP contribution in [0.2, 0.25) is 0 Å². The van der Waals surface area contributed by atoms with Crippen LogP contribution in [0.25, 0.3) is 0 Å². The van der Waals surface area contributed by atoms with Gasteiger partial charge < -0.3 is 19.5 Å². The van der Waals surface area contributed by atoms with Crippen molar-refractivity contribution in [3.63, 3.8) is 0 Å². The van der Waals surface area contributed by atoms with E-state index in [0.29, 0.717) is 22.5 Å². The fraction of sp³-hybridized carbons (Fsp3) is 0.259. The second-order valence-electron chi connectivity index (χ2n) is 8.99. The first kappa shape index (κ1) is 24.7. The Morgan fingerprint density at radius 2 is 1.89 bits per heavy atom. The van der Waals surface area contributed by atoms with Crippen LogP contribution in [0.3, 0.4) is 0 Å². The number of carbonyl (C=O) groups excluding carboxylic acids is 2. The Bertz CT molecular complexity index is 1370. The van der Waals surface area contributed by atoms with Gasteiger partial charge in [-0.2, -0.15) is 0 Å². The summed E-state index contributed by atoms with van der Waals surface area (Å²) in [6.45, 7) is 0.134. The number of hydrogen-bond acceptors (Lipinski definition) is 5. The van der Waals surface area contributed by atoms with Crippen molar-refractivity contribution in [3.05, 3.63) is 95.1 Å². The number of hydrogen-bond donors (Lipinski definition) is 2. The first-order valence-corrected chi connectivity index (χ1v) is 12.2. The molecule has 10 heteroatoms. The molecule has 2 aliphatic rings. The largest absolute Gasteiger partial charge is 0.445 e. The van der Waals surface area contributed by atoms with Crippen molar-refractivity contribution in [3.8, 4) is 0 Å². The van der Waals surface area contributed by atoms with Crippen LogP contribution < -0.4 is 10.2 Å². The predicted molar refractivity (Wildman–Crippen MR) is 137 cm³/mol. The first-order chi connectivity index (χ1) is 17.9. The van der Waals surface area contributed by atoms with E-state index in [9.17, 15) is 18.4 Å². The number of alkyl halides is 2. The molecule has 5 rings (SSSR count). The Balaban J connectivity index is 1.45. The molecule has 3 aromatic rings. The van der Waals surface area contributed by atoms with Crippen LogP contribution in [-0.2, 0) is 17.9 Å². The molecule has 7 nitrogen and oxygen atoms in total. The maximum absolute atomic E-state index is 14.7. The fourth-order valence-corrected chi connectivity index (χ4v) is 4.94. The molecule has 0 radical (unpaired) electrons. The van der Waals surface area contributed by atoms with E-state index < -0.39 is 30.9 Å². The van der Waals surface area contributed by atoms with Crippen molar-refractivity contribution in [2.45, 2.75) is 38.0 Å². The lowest BCUT2D eigenvalue weighted by Crippen LogP contribution is -2.46. The van der Waals surface area contributed by atoms with Gasteiger partial charge in [-0.3, -0.25) is 10.1 Å². The van der Waals surface area contributed by atoms with Gasteiger partial charge in [-0.05, 0) is 40.0 Å². The summed E-state index contributed by atoms with van der Waals surface area (Å²) in [6.07, 6.45) is 0.0415. The molecule has 0 saturated carbocycles. The zero-order chi connectivity index (χ0) is 26.0. The number of anilines is 1. The lowest BCUT2D eigenvalue weighted by atomic mass is 9.89. The Morgan fingerprint density at radius 1 is 1.14 bits per heavy atom. The summed E-state index contributed by atoms with van der Waals surface area (Å²) in [5.74, 6) is -2.98. The number of ether oxygens (including phenoxy) is 1. The van der Waals surface area contributed by atoms with Gasteiger partial charge in [-0.15, -0.1) is 0 Å². The summed E-state index contributed by atoms with van der Waals surface area (Å²) in [5, 5.41) is 5.28. The van der Waals surface area contributed by atoms with Gasteiger partial charge >= 0.3 is 6.09 Å². The number of aromatic amines is 1. The molecule has 2 aliphatic heterocycles. The molecule has 3 heterocycles. The van der Waals surface area contributed by atoms with E-state index >= 15 is 0 Å². The van der Waals surface area contributed by atoms with Gasteiger partial charge in [0.05, 0.1) is 18.3 Å². The smallest absolute Gasteiger partial charge is 0.410 e. The number of benzene rings is 2.